The first-order valence-electron chi connectivity index (χ1n) is 6.76. The van der Waals surface area contributed by atoms with Gasteiger partial charge in [-0.3, -0.25) is 0 Å². The lowest BCUT2D eigenvalue weighted by Crippen LogP contribution is -2.23. The van der Waals surface area contributed by atoms with Gasteiger partial charge in [-0.1, -0.05) is 18.2 Å². The molecule has 0 aliphatic rings. The number of hydrogen-bond acceptors (Lipinski definition) is 4. The molecule has 0 amide bonds. The third-order valence-corrected chi connectivity index (χ3v) is 3.73. The van der Waals surface area contributed by atoms with Crippen molar-refractivity contribution in [3.63, 3.8) is 0 Å². The summed E-state index contributed by atoms with van der Waals surface area (Å²) in [6, 6.07) is 13.5. The van der Waals surface area contributed by atoms with Gasteiger partial charge in [-0.2, -0.15) is 0 Å². The van der Waals surface area contributed by atoms with Crippen molar-refractivity contribution in [2.75, 3.05) is 0 Å². The quantitative estimate of drug-likeness (QED) is 0.488. The van der Waals surface area contributed by atoms with Crippen molar-refractivity contribution in [3.05, 3.63) is 69.8 Å². The minimum Gasteiger partial charge on any atom is -0.508 e. The van der Waals surface area contributed by atoms with E-state index in [0.717, 1.165) is 9.65 Å². The molecule has 0 bridgehead atoms. The molecule has 0 aliphatic heterocycles. The molecule has 2 rings (SSSR count). The number of rotatable bonds is 6. The maximum absolute atomic E-state index is 10.8. The summed E-state index contributed by atoms with van der Waals surface area (Å²) in [6.07, 6.45) is -0.0284. The van der Waals surface area contributed by atoms with E-state index in [0.29, 0.717) is 5.75 Å². The third-order valence-electron chi connectivity index (χ3n) is 3.06. The highest BCUT2D eigenvalue weighted by Crippen LogP contribution is 2.30. The van der Waals surface area contributed by atoms with Crippen molar-refractivity contribution < 1.29 is 24.9 Å². The molecule has 0 spiro atoms. The first kappa shape index (κ1) is 17.3. The van der Waals surface area contributed by atoms with Crippen LogP contribution in [0.25, 0.3) is 0 Å². The fourth-order valence-corrected chi connectivity index (χ4v) is 2.50. The Labute approximate surface area is 147 Å². The van der Waals surface area contributed by atoms with Gasteiger partial charge in [-0.05, 0) is 59.0 Å². The summed E-state index contributed by atoms with van der Waals surface area (Å²) in [7, 11) is 0. The Bertz CT molecular complexity index is 699. The van der Waals surface area contributed by atoms with Gasteiger partial charge < -0.3 is 20.1 Å². The summed E-state index contributed by atoms with van der Waals surface area (Å²) in [6.45, 7) is 0. The molecular weight excluding hydrogens is 411 g/mol. The topological polar surface area (TPSA) is 87.0 Å². The van der Waals surface area contributed by atoms with Gasteiger partial charge in [0.1, 0.15) is 23.7 Å². The SMILES string of the molecule is O=C(O)/C=C/[C@H](Oc1ccccc1)[C@@H](O)c1cc(I)ccc1O. The standard InChI is InChI=1S/C17H15IO5/c18-11-6-7-14(19)13(10-11)17(22)15(8-9-16(20)21)23-12-4-2-1-3-5-12/h1-10,15,17,19,22H,(H,20,21)/b9-8+/t15-,17-/m0/s1. The summed E-state index contributed by atoms with van der Waals surface area (Å²) in [5.41, 5.74) is 0.271. The van der Waals surface area contributed by atoms with Crippen LogP contribution >= 0.6 is 22.6 Å². The monoisotopic (exact) mass is 426 g/mol. The number of para-hydroxylation sites is 1. The zero-order valence-corrected chi connectivity index (χ0v) is 14.1. The van der Waals surface area contributed by atoms with Crippen LogP contribution in [0.2, 0.25) is 0 Å². The molecule has 2 aromatic rings. The van der Waals surface area contributed by atoms with Crippen LogP contribution in [0.3, 0.4) is 0 Å². The van der Waals surface area contributed by atoms with Crippen molar-refractivity contribution in [1.82, 2.24) is 0 Å². The van der Waals surface area contributed by atoms with E-state index in [1.165, 1.54) is 12.1 Å². The average molecular weight is 426 g/mol. The lowest BCUT2D eigenvalue weighted by atomic mass is 10.0. The summed E-state index contributed by atoms with van der Waals surface area (Å²) in [5.74, 6) is -0.745. The molecule has 0 aliphatic carbocycles. The van der Waals surface area contributed by atoms with Gasteiger partial charge in [-0.25, -0.2) is 4.79 Å². The van der Waals surface area contributed by atoms with Crippen molar-refractivity contribution in [2.45, 2.75) is 12.2 Å². The van der Waals surface area contributed by atoms with Crippen molar-refractivity contribution in [2.24, 2.45) is 0 Å². The van der Waals surface area contributed by atoms with Crippen LogP contribution in [0.15, 0.2) is 60.7 Å². The van der Waals surface area contributed by atoms with Gasteiger partial charge in [-0.15, -0.1) is 0 Å². The van der Waals surface area contributed by atoms with E-state index in [-0.39, 0.29) is 11.3 Å². The predicted molar refractivity (Wildman–Crippen MR) is 93.4 cm³/mol. The van der Waals surface area contributed by atoms with Gasteiger partial charge >= 0.3 is 5.97 Å². The highest BCUT2D eigenvalue weighted by molar-refractivity contribution is 14.1. The molecule has 2 atom stereocenters. The molecule has 23 heavy (non-hydrogen) atoms. The van der Waals surface area contributed by atoms with Crippen molar-refractivity contribution in [1.29, 1.82) is 0 Å². The average Bonchev–Trinajstić information content (AvgIpc) is 2.54. The number of phenols is 1. The Morgan fingerprint density at radius 2 is 1.87 bits per heavy atom. The van der Waals surface area contributed by atoms with Crippen LogP contribution in [0.4, 0.5) is 0 Å². The van der Waals surface area contributed by atoms with Gasteiger partial charge in [0, 0.05) is 15.2 Å². The number of aliphatic hydroxyl groups is 1. The largest absolute Gasteiger partial charge is 0.508 e. The van der Waals surface area contributed by atoms with Gasteiger partial charge in [0.15, 0.2) is 0 Å². The van der Waals surface area contributed by atoms with Gasteiger partial charge in [0.2, 0.25) is 0 Å². The number of phenolic OH excluding ortho intramolecular Hbond substituents is 1. The Hall–Kier alpha value is -2.06. The highest BCUT2D eigenvalue weighted by atomic mass is 127. The molecule has 0 aromatic heterocycles. The Kier molecular flexibility index (Phi) is 6.00. The second kappa shape index (κ2) is 7.98. The minimum absolute atomic E-state index is 0.0803. The lowest BCUT2D eigenvalue weighted by Gasteiger charge is -2.22. The normalized spacial score (nSPS) is 13.7. The number of hydrogen-bond donors (Lipinski definition) is 3. The molecule has 0 fully saturated rings. The molecule has 120 valence electrons. The molecule has 0 unspecified atom stereocenters. The summed E-state index contributed by atoms with van der Waals surface area (Å²) >= 11 is 2.06. The first-order chi connectivity index (χ1) is 11.0. The molecular formula is C17H15IO5. The fourth-order valence-electron chi connectivity index (χ4n) is 1.98. The molecule has 0 radical (unpaired) electrons. The molecule has 3 N–H and O–H groups in total. The number of aliphatic hydroxyl groups excluding tert-OH is 1. The smallest absolute Gasteiger partial charge is 0.328 e. The van der Waals surface area contributed by atoms with Crippen LogP contribution < -0.4 is 4.74 Å². The van der Waals surface area contributed by atoms with E-state index >= 15 is 0 Å². The number of carboxylic acids is 1. The molecule has 0 saturated heterocycles. The van der Waals surface area contributed by atoms with Crippen molar-refractivity contribution in [3.8, 4) is 11.5 Å². The zero-order chi connectivity index (χ0) is 16.8. The number of aliphatic carboxylic acids is 1. The molecule has 0 saturated carbocycles. The second-order valence-electron chi connectivity index (χ2n) is 4.74. The summed E-state index contributed by atoms with van der Waals surface area (Å²) in [4.78, 5) is 10.8. The zero-order valence-electron chi connectivity index (χ0n) is 12.0. The first-order valence-corrected chi connectivity index (χ1v) is 7.84. The van der Waals surface area contributed by atoms with E-state index in [1.807, 2.05) is 6.07 Å². The Morgan fingerprint density at radius 3 is 2.52 bits per heavy atom. The van der Waals surface area contributed by atoms with E-state index in [9.17, 15) is 15.0 Å². The number of carboxylic acid groups (broad SMARTS) is 1. The maximum atomic E-state index is 10.8. The second-order valence-corrected chi connectivity index (χ2v) is 5.99. The molecule has 0 heterocycles. The Morgan fingerprint density at radius 1 is 1.17 bits per heavy atom. The van der Waals surface area contributed by atoms with E-state index in [2.05, 4.69) is 22.6 Å². The number of ether oxygens (including phenoxy) is 1. The molecule has 5 nitrogen and oxygen atoms in total. The van der Waals surface area contributed by atoms with Crippen molar-refractivity contribution >= 4 is 28.6 Å². The minimum atomic E-state index is -1.22. The number of carbonyl (C=O) groups is 1. The number of halogens is 1. The van der Waals surface area contributed by atoms with Crippen LogP contribution in [0.5, 0.6) is 11.5 Å². The molecule has 6 heteroatoms. The number of aromatic hydroxyl groups is 1. The summed E-state index contributed by atoms with van der Waals surface area (Å²) in [5, 5.41) is 29.3. The fraction of sp³-hybridized carbons (Fsp3) is 0.118. The van der Waals surface area contributed by atoms with E-state index in [4.69, 9.17) is 9.84 Å². The van der Waals surface area contributed by atoms with Crippen LogP contribution in [0.1, 0.15) is 11.7 Å². The molecule has 2 aromatic carbocycles. The van der Waals surface area contributed by atoms with Gasteiger partial charge in [0.05, 0.1) is 0 Å². The Balaban J connectivity index is 2.32. The highest BCUT2D eigenvalue weighted by Gasteiger charge is 2.23. The van der Waals surface area contributed by atoms with Gasteiger partial charge in [0.25, 0.3) is 0 Å². The predicted octanol–water partition coefficient (Wildman–Crippen LogP) is 3.12. The van der Waals surface area contributed by atoms with E-state index in [1.54, 1.807) is 36.4 Å². The summed E-state index contributed by atoms with van der Waals surface area (Å²) < 4.78 is 6.49. The third kappa shape index (κ3) is 4.97. The van der Waals surface area contributed by atoms with Crippen LogP contribution in [0, 0.1) is 3.57 Å². The van der Waals surface area contributed by atoms with Crippen LogP contribution in [-0.4, -0.2) is 27.4 Å². The number of benzene rings is 2. The maximum Gasteiger partial charge on any atom is 0.328 e. The van der Waals surface area contributed by atoms with E-state index < -0.39 is 18.2 Å². The lowest BCUT2D eigenvalue weighted by molar-refractivity contribution is -0.131. The van der Waals surface area contributed by atoms with Crippen LogP contribution in [-0.2, 0) is 4.79 Å².